The molecule has 2 N–H and O–H groups in total. The largest absolute Gasteiger partial charge is 0.392 e. The van der Waals surface area contributed by atoms with Crippen LogP contribution in [0.5, 0.6) is 0 Å². The van der Waals surface area contributed by atoms with Crippen LogP contribution in [0.3, 0.4) is 0 Å². The topological polar surface area (TPSA) is 32.3 Å². The van der Waals surface area contributed by atoms with Crippen LogP contribution in [0.2, 0.25) is 0 Å². The molecule has 0 aromatic heterocycles. The normalized spacial score (nSPS) is 24.1. The van der Waals surface area contributed by atoms with Crippen LogP contribution in [0.1, 0.15) is 36.8 Å². The molecule has 0 radical (unpaired) electrons. The molecule has 1 aromatic carbocycles. The van der Waals surface area contributed by atoms with E-state index in [4.69, 9.17) is 5.11 Å². The number of aliphatic hydroxyl groups excluding tert-OH is 1. The molecule has 2 unspecified atom stereocenters. The minimum Gasteiger partial charge on any atom is -0.392 e. The first-order valence-corrected chi connectivity index (χ1v) is 8.05. The van der Waals surface area contributed by atoms with Gasteiger partial charge in [-0.15, -0.1) is 0 Å². The predicted octanol–water partition coefficient (Wildman–Crippen LogP) is 2.94. The van der Waals surface area contributed by atoms with Gasteiger partial charge < -0.3 is 10.4 Å². The van der Waals surface area contributed by atoms with E-state index >= 15 is 0 Å². The SMILES string of the molecule is CSC1CCCC(NCc2ccc(CO)cc2)C1. The molecule has 1 fully saturated rings. The molecule has 0 saturated heterocycles. The fourth-order valence-corrected chi connectivity index (χ4v) is 3.40. The van der Waals surface area contributed by atoms with E-state index in [1.165, 1.54) is 31.2 Å². The number of thioether (sulfide) groups is 1. The zero-order valence-electron chi connectivity index (χ0n) is 11.1. The second-order valence-corrected chi connectivity index (χ2v) is 6.21. The summed E-state index contributed by atoms with van der Waals surface area (Å²) >= 11 is 2.01. The van der Waals surface area contributed by atoms with Crippen molar-refractivity contribution in [1.82, 2.24) is 5.32 Å². The number of hydrogen-bond acceptors (Lipinski definition) is 3. The molecule has 0 amide bonds. The van der Waals surface area contributed by atoms with Crippen LogP contribution in [0.4, 0.5) is 0 Å². The first-order chi connectivity index (χ1) is 8.81. The quantitative estimate of drug-likeness (QED) is 0.858. The molecule has 1 aliphatic carbocycles. The molecule has 1 aliphatic rings. The average Bonchev–Trinajstić information content (AvgIpc) is 2.46. The van der Waals surface area contributed by atoms with Gasteiger partial charge in [0.05, 0.1) is 6.61 Å². The molecule has 3 heteroatoms. The smallest absolute Gasteiger partial charge is 0.0681 e. The summed E-state index contributed by atoms with van der Waals surface area (Å²) in [5.41, 5.74) is 2.29. The predicted molar refractivity (Wildman–Crippen MR) is 78.8 cm³/mol. The summed E-state index contributed by atoms with van der Waals surface area (Å²) < 4.78 is 0. The molecular weight excluding hydrogens is 242 g/mol. The van der Waals surface area contributed by atoms with Crippen LogP contribution in [-0.2, 0) is 13.2 Å². The Kier molecular flexibility index (Phi) is 5.54. The van der Waals surface area contributed by atoms with Gasteiger partial charge in [0.1, 0.15) is 0 Å². The van der Waals surface area contributed by atoms with Crippen molar-refractivity contribution in [3.8, 4) is 0 Å². The van der Waals surface area contributed by atoms with E-state index in [1.54, 1.807) is 0 Å². The maximum Gasteiger partial charge on any atom is 0.0681 e. The molecule has 2 rings (SSSR count). The van der Waals surface area contributed by atoms with Crippen LogP contribution < -0.4 is 5.32 Å². The molecule has 0 bridgehead atoms. The third-order valence-corrected chi connectivity index (χ3v) is 4.85. The highest BCUT2D eigenvalue weighted by atomic mass is 32.2. The molecule has 0 heterocycles. The van der Waals surface area contributed by atoms with E-state index in [1.807, 2.05) is 23.9 Å². The average molecular weight is 265 g/mol. The molecular formula is C15H23NOS. The summed E-state index contributed by atoms with van der Waals surface area (Å²) in [6, 6.07) is 8.89. The van der Waals surface area contributed by atoms with Crippen LogP contribution in [0, 0.1) is 0 Å². The lowest BCUT2D eigenvalue weighted by Crippen LogP contribution is -2.34. The van der Waals surface area contributed by atoms with Gasteiger partial charge in [0.2, 0.25) is 0 Å². The highest BCUT2D eigenvalue weighted by molar-refractivity contribution is 7.99. The molecule has 2 atom stereocenters. The highest BCUT2D eigenvalue weighted by Gasteiger charge is 2.20. The minimum absolute atomic E-state index is 0.131. The Bertz CT molecular complexity index is 352. The van der Waals surface area contributed by atoms with E-state index < -0.39 is 0 Å². The summed E-state index contributed by atoms with van der Waals surface area (Å²) in [4.78, 5) is 0. The van der Waals surface area contributed by atoms with Gasteiger partial charge in [-0.1, -0.05) is 30.7 Å². The monoisotopic (exact) mass is 265 g/mol. The number of aliphatic hydroxyl groups is 1. The molecule has 18 heavy (non-hydrogen) atoms. The second-order valence-electron chi connectivity index (χ2n) is 5.08. The molecule has 1 aromatic rings. The first kappa shape index (κ1) is 13.9. The van der Waals surface area contributed by atoms with Crippen LogP contribution in [-0.4, -0.2) is 22.7 Å². The summed E-state index contributed by atoms with van der Waals surface area (Å²) in [5, 5.41) is 13.5. The first-order valence-electron chi connectivity index (χ1n) is 6.76. The second kappa shape index (κ2) is 7.17. The minimum atomic E-state index is 0.131. The fraction of sp³-hybridized carbons (Fsp3) is 0.600. The number of rotatable bonds is 5. The van der Waals surface area contributed by atoms with Crippen molar-refractivity contribution in [3.05, 3.63) is 35.4 Å². The lowest BCUT2D eigenvalue weighted by molar-refractivity contribution is 0.282. The van der Waals surface area contributed by atoms with Crippen molar-refractivity contribution in [2.24, 2.45) is 0 Å². The fourth-order valence-electron chi connectivity index (χ4n) is 2.57. The Labute approximate surface area is 114 Å². The van der Waals surface area contributed by atoms with E-state index in [0.717, 1.165) is 17.4 Å². The van der Waals surface area contributed by atoms with E-state index in [9.17, 15) is 0 Å². The Morgan fingerprint density at radius 1 is 1.22 bits per heavy atom. The molecule has 1 saturated carbocycles. The lowest BCUT2D eigenvalue weighted by atomic mass is 9.95. The maximum atomic E-state index is 9.00. The van der Waals surface area contributed by atoms with Crippen LogP contribution in [0.15, 0.2) is 24.3 Å². The third-order valence-electron chi connectivity index (χ3n) is 3.76. The van der Waals surface area contributed by atoms with Crippen molar-refractivity contribution in [1.29, 1.82) is 0 Å². The Morgan fingerprint density at radius 2 is 1.94 bits per heavy atom. The summed E-state index contributed by atoms with van der Waals surface area (Å²) in [5.74, 6) is 0. The molecule has 2 nitrogen and oxygen atoms in total. The van der Waals surface area contributed by atoms with Gasteiger partial charge in [-0.05, 0) is 36.6 Å². The number of hydrogen-bond donors (Lipinski definition) is 2. The van der Waals surface area contributed by atoms with Gasteiger partial charge >= 0.3 is 0 Å². The zero-order valence-corrected chi connectivity index (χ0v) is 11.9. The molecule has 0 spiro atoms. The Morgan fingerprint density at radius 3 is 2.61 bits per heavy atom. The molecule has 100 valence electrons. The van der Waals surface area contributed by atoms with E-state index in [2.05, 4.69) is 23.7 Å². The summed E-state index contributed by atoms with van der Waals surface area (Å²) in [6.45, 7) is 1.07. The van der Waals surface area contributed by atoms with Crippen LogP contribution in [0.25, 0.3) is 0 Å². The zero-order chi connectivity index (χ0) is 12.8. The van der Waals surface area contributed by atoms with E-state index in [-0.39, 0.29) is 6.61 Å². The Hall–Kier alpha value is -0.510. The van der Waals surface area contributed by atoms with Gasteiger partial charge in [0, 0.05) is 17.8 Å². The summed E-state index contributed by atoms with van der Waals surface area (Å²) in [6.07, 6.45) is 7.57. The standard InChI is InChI=1S/C15H23NOS/c1-18-15-4-2-3-14(9-15)16-10-12-5-7-13(11-17)8-6-12/h5-8,14-17H,2-4,9-11H2,1H3. The summed E-state index contributed by atoms with van der Waals surface area (Å²) in [7, 11) is 0. The van der Waals surface area contributed by atoms with Crippen molar-refractivity contribution in [3.63, 3.8) is 0 Å². The van der Waals surface area contributed by atoms with Crippen molar-refractivity contribution >= 4 is 11.8 Å². The molecule has 0 aliphatic heterocycles. The van der Waals surface area contributed by atoms with Gasteiger partial charge in [0.25, 0.3) is 0 Å². The van der Waals surface area contributed by atoms with Gasteiger partial charge in [-0.3, -0.25) is 0 Å². The van der Waals surface area contributed by atoms with Crippen molar-refractivity contribution in [2.45, 2.75) is 50.1 Å². The third kappa shape index (κ3) is 4.01. The number of benzene rings is 1. The van der Waals surface area contributed by atoms with E-state index in [0.29, 0.717) is 6.04 Å². The van der Waals surface area contributed by atoms with Gasteiger partial charge in [0.15, 0.2) is 0 Å². The van der Waals surface area contributed by atoms with Crippen molar-refractivity contribution < 1.29 is 5.11 Å². The van der Waals surface area contributed by atoms with Gasteiger partial charge in [-0.2, -0.15) is 11.8 Å². The van der Waals surface area contributed by atoms with Crippen molar-refractivity contribution in [2.75, 3.05) is 6.26 Å². The maximum absolute atomic E-state index is 9.00. The number of nitrogens with one attached hydrogen (secondary N) is 1. The Balaban J connectivity index is 1.79. The van der Waals surface area contributed by atoms with Gasteiger partial charge in [-0.25, -0.2) is 0 Å². The highest BCUT2D eigenvalue weighted by Crippen LogP contribution is 2.27. The van der Waals surface area contributed by atoms with Crippen LogP contribution >= 0.6 is 11.8 Å². The lowest BCUT2D eigenvalue weighted by Gasteiger charge is -2.28.